The summed E-state index contributed by atoms with van der Waals surface area (Å²) in [5.74, 6) is 0.809. The van der Waals surface area contributed by atoms with E-state index in [0.717, 1.165) is 27.6 Å². The predicted octanol–water partition coefficient (Wildman–Crippen LogP) is 6.29. The minimum atomic E-state index is 0.454. The van der Waals surface area contributed by atoms with E-state index in [1.807, 2.05) is 54.7 Å². The minimum Gasteiger partial charge on any atom is -0.489 e. The van der Waals surface area contributed by atoms with Gasteiger partial charge in [0.1, 0.15) is 12.4 Å². The maximum absolute atomic E-state index is 6.14. The molecule has 0 fully saturated rings. The number of hydrogen-bond acceptors (Lipinski definition) is 2. The zero-order chi connectivity index (χ0) is 17.6. The highest BCUT2D eigenvalue weighted by Crippen LogP contribution is 2.21. The molecule has 25 heavy (non-hydrogen) atoms. The van der Waals surface area contributed by atoms with Crippen molar-refractivity contribution in [1.82, 2.24) is 0 Å². The molecule has 0 spiro atoms. The van der Waals surface area contributed by atoms with Gasteiger partial charge >= 0.3 is 0 Å². The van der Waals surface area contributed by atoms with E-state index in [2.05, 4.69) is 37.0 Å². The highest BCUT2D eigenvalue weighted by molar-refractivity contribution is 6.31. The number of benzene rings is 3. The predicted molar refractivity (Wildman–Crippen MR) is 105 cm³/mol. The van der Waals surface area contributed by atoms with Crippen LogP contribution in [0.2, 0.25) is 5.02 Å². The molecule has 0 saturated carbocycles. The Balaban J connectivity index is 1.65. The Bertz CT molecular complexity index is 885. The second-order valence-corrected chi connectivity index (χ2v) is 6.40. The average Bonchev–Trinajstić information content (AvgIpc) is 2.63. The molecular formula is C22H20ClNO. The molecule has 2 nitrogen and oxygen atoms in total. The van der Waals surface area contributed by atoms with Gasteiger partial charge in [-0.25, -0.2) is 0 Å². The number of hydrogen-bond donors (Lipinski definition) is 0. The van der Waals surface area contributed by atoms with Gasteiger partial charge in [-0.05, 0) is 66.9 Å². The van der Waals surface area contributed by atoms with Gasteiger partial charge in [0.2, 0.25) is 0 Å². The molecule has 0 amide bonds. The molecule has 0 saturated heterocycles. The molecular weight excluding hydrogens is 330 g/mol. The first-order chi connectivity index (χ1) is 12.1. The van der Waals surface area contributed by atoms with Crippen molar-refractivity contribution in [2.45, 2.75) is 20.5 Å². The molecule has 3 heteroatoms. The van der Waals surface area contributed by atoms with Gasteiger partial charge in [-0.15, -0.1) is 0 Å². The summed E-state index contributed by atoms with van der Waals surface area (Å²) in [5, 5.41) is 0.722. The van der Waals surface area contributed by atoms with Gasteiger partial charge in [0, 0.05) is 16.8 Å². The largest absolute Gasteiger partial charge is 0.489 e. The fraction of sp³-hybridized carbons (Fsp3) is 0.136. The van der Waals surface area contributed by atoms with Crippen molar-refractivity contribution >= 4 is 23.5 Å². The Kier molecular flexibility index (Phi) is 5.52. The maximum Gasteiger partial charge on any atom is 0.119 e. The molecule has 0 atom stereocenters. The normalized spacial score (nSPS) is 11.0. The van der Waals surface area contributed by atoms with Crippen LogP contribution in [0.15, 0.2) is 71.7 Å². The molecule has 3 aromatic rings. The van der Waals surface area contributed by atoms with Crippen LogP contribution in [0.3, 0.4) is 0 Å². The van der Waals surface area contributed by atoms with Gasteiger partial charge in [-0.1, -0.05) is 41.9 Å². The number of aryl methyl sites for hydroxylation is 2. The van der Waals surface area contributed by atoms with Gasteiger partial charge in [0.25, 0.3) is 0 Å². The first-order valence-electron chi connectivity index (χ1n) is 8.19. The highest BCUT2D eigenvalue weighted by Gasteiger charge is 2.01. The molecule has 0 aliphatic carbocycles. The van der Waals surface area contributed by atoms with Crippen molar-refractivity contribution in [3.05, 3.63) is 94.0 Å². The highest BCUT2D eigenvalue weighted by atomic mass is 35.5. The van der Waals surface area contributed by atoms with Crippen LogP contribution in [0.1, 0.15) is 22.3 Å². The van der Waals surface area contributed by atoms with Gasteiger partial charge < -0.3 is 4.74 Å². The Hall–Kier alpha value is -2.58. The van der Waals surface area contributed by atoms with Gasteiger partial charge in [-0.3, -0.25) is 4.99 Å². The Morgan fingerprint density at radius 1 is 0.960 bits per heavy atom. The number of ether oxygens (including phenoxy) is 1. The summed E-state index contributed by atoms with van der Waals surface area (Å²) in [5.41, 5.74) is 5.39. The number of halogens is 1. The van der Waals surface area contributed by atoms with Crippen molar-refractivity contribution in [2.75, 3.05) is 0 Å². The van der Waals surface area contributed by atoms with Crippen LogP contribution in [0, 0.1) is 13.8 Å². The third-order valence-corrected chi connectivity index (χ3v) is 4.32. The summed E-state index contributed by atoms with van der Waals surface area (Å²) in [6.07, 6.45) is 1.87. The van der Waals surface area contributed by atoms with Crippen molar-refractivity contribution in [2.24, 2.45) is 4.99 Å². The molecule has 126 valence electrons. The standard InChI is InChI=1S/C22H20ClNO/c1-16-7-8-17(2)22(13-16)24-14-18-9-11-20(12-10-18)25-15-19-5-3-4-6-21(19)23/h3-14H,15H2,1-2H3. The van der Waals surface area contributed by atoms with Crippen LogP contribution >= 0.6 is 11.6 Å². The topological polar surface area (TPSA) is 21.6 Å². The zero-order valence-corrected chi connectivity index (χ0v) is 15.1. The van der Waals surface area contributed by atoms with E-state index in [1.165, 1.54) is 11.1 Å². The van der Waals surface area contributed by atoms with E-state index in [-0.39, 0.29) is 0 Å². The SMILES string of the molecule is Cc1ccc(C)c(N=Cc2ccc(OCc3ccccc3Cl)cc2)c1. The lowest BCUT2D eigenvalue weighted by atomic mass is 10.1. The molecule has 0 radical (unpaired) electrons. The van der Waals surface area contributed by atoms with Crippen LogP contribution in [0.25, 0.3) is 0 Å². The fourth-order valence-electron chi connectivity index (χ4n) is 2.43. The van der Waals surface area contributed by atoms with Crippen molar-refractivity contribution < 1.29 is 4.74 Å². The lowest BCUT2D eigenvalue weighted by Crippen LogP contribution is -1.96. The minimum absolute atomic E-state index is 0.454. The first kappa shape index (κ1) is 17.2. The van der Waals surface area contributed by atoms with Crippen LogP contribution in [0.4, 0.5) is 5.69 Å². The Morgan fingerprint density at radius 2 is 1.72 bits per heavy atom. The third kappa shape index (κ3) is 4.71. The van der Waals surface area contributed by atoms with Gasteiger partial charge in [-0.2, -0.15) is 0 Å². The van der Waals surface area contributed by atoms with Crippen LogP contribution in [-0.4, -0.2) is 6.21 Å². The Morgan fingerprint density at radius 3 is 2.48 bits per heavy atom. The fourth-order valence-corrected chi connectivity index (χ4v) is 2.62. The summed E-state index contributed by atoms with van der Waals surface area (Å²) in [4.78, 5) is 4.59. The number of rotatable bonds is 5. The Labute approximate surface area is 153 Å². The second-order valence-electron chi connectivity index (χ2n) is 6.00. The monoisotopic (exact) mass is 349 g/mol. The summed E-state index contributed by atoms with van der Waals surface area (Å²) in [7, 11) is 0. The molecule has 0 bridgehead atoms. The molecule has 3 rings (SSSR count). The lowest BCUT2D eigenvalue weighted by molar-refractivity contribution is 0.306. The molecule has 0 heterocycles. The van der Waals surface area contributed by atoms with Gasteiger partial charge in [0.05, 0.1) is 5.69 Å². The average molecular weight is 350 g/mol. The second kappa shape index (κ2) is 8.00. The van der Waals surface area contributed by atoms with E-state index in [0.29, 0.717) is 6.61 Å². The number of nitrogens with zero attached hydrogens (tertiary/aromatic N) is 1. The molecule has 0 aliphatic heterocycles. The maximum atomic E-state index is 6.14. The molecule has 3 aromatic carbocycles. The lowest BCUT2D eigenvalue weighted by Gasteiger charge is -2.08. The summed E-state index contributed by atoms with van der Waals surface area (Å²) >= 11 is 6.14. The van der Waals surface area contributed by atoms with Crippen LogP contribution in [-0.2, 0) is 6.61 Å². The van der Waals surface area contributed by atoms with E-state index in [9.17, 15) is 0 Å². The van der Waals surface area contributed by atoms with Crippen molar-refractivity contribution in [1.29, 1.82) is 0 Å². The van der Waals surface area contributed by atoms with Crippen LogP contribution in [0.5, 0.6) is 5.75 Å². The van der Waals surface area contributed by atoms with E-state index >= 15 is 0 Å². The summed E-state index contributed by atoms with van der Waals surface area (Å²) < 4.78 is 5.80. The van der Waals surface area contributed by atoms with Crippen molar-refractivity contribution in [3.63, 3.8) is 0 Å². The first-order valence-corrected chi connectivity index (χ1v) is 8.57. The van der Waals surface area contributed by atoms with E-state index in [1.54, 1.807) is 0 Å². The quantitative estimate of drug-likeness (QED) is 0.496. The summed E-state index contributed by atoms with van der Waals surface area (Å²) in [6.45, 7) is 4.59. The van der Waals surface area contributed by atoms with Gasteiger partial charge in [0.15, 0.2) is 0 Å². The molecule has 0 N–H and O–H groups in total. The van der Waals surface area contributed by atoms with Crippen molar-refractivity contribution in [3.8, 4) is 5.75 Å². The summed E-state index contributed by atoms with van der Waals surface area (Å²) in [6, 6.07) is 21.9. The molecule has 0 unspecified atom stereocenters. The number of aliphatic imine (C=N–C) groups is 1. The third-order valence-electron chi connectivity index (χ3n) is 3.95. The molecule has 0 aliphatic rings. The van der Waals surface area contributed by atoms with E-state index in [4.69, 9.17) is 16.3 Å². The zero-order valence-electron chi connectivity index (χ0n) is 14.4. The molecule has 0 aromatic heterocycles. The van der Waals surface area contributed by atoms with Crippen LogP contribution < -0.4 is 4.74 Å². The smallest absolute Gasteiger partial charge is 0.119 e. The van der Waals surface area contributed by atoms with E-state index < -0.39 is 0 Å².